The van der Waals surface area contributed by atoms with Gasteiger partial charge in [-0.15, -0.1) is 0 Å². The third-order valence-electron chi connectivity index (χ3n) is 9.76. The van der Waals surface area contributed by atoms with Crippen LogP contribution in [0.15, 0.2) is 188 Å². The summed E-state index contributed by atoms with van der Waals surface area (Å²) in [6.07, 6.45) is 0. The summed E-state index contributed by atoms with van der Waals surface area (Å²) in [4.78, 5) is 2.36. The van der Waals surface area contributed by atoms with Gasteiger partial charge in [0.2, 0.25) is 0 Å². The number of fused-ring (bicyclic) bond motifs is 3. The summed E-state index contributed by atoms with van der Waals surface area (Å²) in [5, 5.41) is 5.16. The van der Waals surface area contributed by atoms with Gasteiger partial charge in [-0.3, -0.25) is 0 Å². The summed E-state index contributed by atoms with van der Waals surface area (Å²) < 4.78 is 0. The molecular formula is C47H37N. The Balaban J connectivity index is 1.17. The Labute approximate surface area is 283 Å². The number of nitrogens with zero attached hydrogens (tertiary/aromatic N) is 1. The van der Waals surface area contributed by atoms with Crippen molar-refractivity contribution in [3.05, 3.63) is 199 Å². The van der Waals surface area contributed by atoms with Gasteiger partial charge in [0.05, 0.1) is 0 Å². The second-order valence-electron chi connectivity index (χ2n) is 13.1. The molecule has 230 valence electrons. The van der Waals surface area contributed by atoms with Crippen LogP contribution in [-0.4, -0.2) is 0 Å². The second-order valence-corrected chi connectivity index (χ2v) is 13.1. The third-order valence-corrected chi connectivity index (χ3v) is 9.76. The van der Waals surface area contributed by atoms with E-state index in [9.17, 15) is 0 Å². The zero-order chi connectivity index (χ0) is 32.5. The quantitative estimate of drug-likeness (QED) is 0.161. The van der Waals surface area contributed by atoms with Crippen LogP contribution in [0.3, 0.4) is 0 Å². The molecule has 48 heavy (non-hydrogen) atoms. The highest BCUT2D eigenvalue weighted by Gasteiger charge is 2.24. The molecule has 0 aliphatic carbocycles. The van der Waals surface area contributed by atoms with Crippen LogP contribution in [0, 0.1) is 0 Å². The first-order valence-electron chi connectivity index (χ1n) is 16.7. The van der Waals surface area contributed by atoms with Gasteiger partial charge in [0.25, 0.3) is 0 Å². The highest BCUT2D eigenvalue weighted by molar-refractivity contribution is 6.07. The minimum absolute atomic E-state index is 0.173. The molecule has 0 radical (unpaired) electrons. The molecule has 8 aromatic carbocycles. The molecule has 0 bridgehead atoms. The van der Waals surface area contributed by atoms with Crippen molar-refractivity contribution < 1.29 is 0 Å². The average Bonchev–Trinajstić information content (AvgIpc) is 3.16. The topological polar surface area (TPSA) is 3.24 Å². The third kappa shape index (κ3) is 5.54. The molecule has 8 aromatic rings. The average molecular weight is 616 g/mol. The Morgan fingerprint density at radius 1 is 0.333 bits per heavy atom. The fraction of sp³-hybridized carbons (Fsp3) is 0.0638. The van der Waals surface area contributed by atoms with Crippen LogP contribution >= 0.6 is 0 Å². The largest absolute Gasteiger partial charge is 0.310 e. The first kappa shape index (κ1) is 29.5. The normalized spacial score (nSPS) is 11.5. The maximum Gasteiger partial charge on any atom is 0.0467 e. The molecule has 0 fully saturated rings. The molecule has 1 nitrogen and oxygen atoms in total. The van der Waals surface area contributed by atoms with Crippen molar-refractivity contribution in [3.63, 3.8) is 0 Å². The maximum absolute atomic E-state index is 2.37. The van der Waals surface area contributed by atoms with E-state index in [1.54, 1.807) is 0 Å². The zero-order valence-electron chi connectivity index (χ0n) is 27.3. The lowest BCUT2D eigenvalue weighted by Gasteiger charge is -2.29. The lowest BCUT2D eigenvalue weighted by Crippen LogP contribution is -2.19. The van der Waals surface area contributed by atoms with Crippen LogP contribution in [0.25, 0.3) is 43.8 Å². The van der Waals surface area contributed by atoms with Crippen LogP contribution in [0.2, 0.25) is 0 Å². The van der Waals surface area contributed by atoms with Crippen LogP contribution in [-0.2, 0) is 5.41 Å². The van der Waals surface area contributed by atoms with E-state index < -0.39 is 0 Å². The zero-order valence-corrected chi connectivity index (χ0v) is 27.3. The van der Waals surface area contributed by atoms with Gasteiger partial charge in [-0.25, -0.2) is 0 Å². The van der Waals surface area contributed by atoms with E-state index in [1.165, 1.54) is 54.9 Å². The first-order chi connectivity index (χ1) is 23.5. The summed E-state index contributed by atoms with van der Waals surface area (Å²) in [7, 11) is 0. The fourth-order valence-corrected chi connectivity index (χ4v) is 6.93. The molecule has 0 aliphatic heterocycles. The molecule has 0 saturated heterocycles. The minimum atomic E-state index is -0.173. The van der Waals surface area contributed by atoms with Gasteiger partial charge in [0.1, 0.15) is 0 Å². The van der Waals surface area contributed by atoms with E-state index in [-0.39, 0.29) is 5.41 Å². The van der Waals surface area contributed by atoms with Crippen molar-refractivity contribution in [2.24, 2.45) is 0 Å². The predicted octanol–water partition coefficient (Wildman–Crippen LogP) is 13.1. The van der Waals surface area contributed by atoms with Gasteiger partial charge in [0, 0.05) is 22.5 Å². The standard InChI is InChI=1S/C47H37N/c1-47(2,41-26-31-46-39(32-41)21-20-37-16-9-10-19-45(37)46)40-24-29-43(30-25-40)48(42-27-22-36(23-28-42)34-12-5-3-6-13-34)44-18-11-17-38(33-44)35-14-7-4-8-15-35/h3-33H,1-2H3. The van der Waals surface area contributed by atoms with Crippen molar-refractivity contribution >= 4 is 38.6 Å². The van der Waals surface area contributed by atoms with E-state index in [0.717, 1.165) is 17.1 Å². The number of rotatable bonds is 7. The fourth-order valence-electron chi connectivity index (χ4n) is 6.93. The summed E-state index contributed by atoms with van der Waals surface area (Å²) in [5.41, 5.74) is 10.6. The summed E-state index contributed by atoms with van der Waals surface area (Å²) >= 11 is 0. The summed E-state index contributed by atoms with van der Waals surface area (Å²) in [6, 6.07) is 68.1. The lowest BCUT2D eigenvalue weighted by atomic mass is 9.77. The molecule has 8 rings (SSSR count). The van der Waals surface area contributed by atoms with Crippen LogP contribution in [0.5, 0.6) is 0 Å². The molecule has 0 amide bonds. The minimum Gasteiger partial charge on any atom is -0.310 e. The van der Waals surface area contributed by atoms with Crippen molar-refractivity contribution in [2.75, 3.05) is 4.90 Å². The Morgan fingerprint density at radius 3 is 1.56 bits per heavy atom. The molecule has 0 atom stereocenters. The van der Waals surface area contributed by atoms with Gasteiger partial charge in [-0.2, -0.15) is 0 Å². The summed E-state index contributed by atoms with van der Waals surface area (Å²) in [5.74, 6) is 0. The predicted molar refractivity (Wildman–Crippen MR) is 206 cm³/mol. The van der Waals surface area contributed by atoms with Crippen molar-refractivity contribution in [2.45, 2.75) is 19.3 Å². The number of benzene rings is 8. The number of hydrogen-bond donors (Lipinski definition) is 0. The molecule has 1 heteroatoms. The van der Waals surface area contributed by atoms with Gasteiger partial charge in [-0.05, 0) is 91.3 Å². The van der Waals surface area contributed by atoms with Gasteiger partial charge < -0.3 is 4.90 Å². The first-order valence-corrected chi connectivity index (χ1v) is 16.7. The molecule has 0 unspecified atom stereocenters. The second kappa shape index (κ2) is 12.4. The Morgan fingerprint density at radius 2 is 0.854 bits per heavy atom. The molecule has 0 aliphatic rings. The van der Waals surface area contributed by atoms with E-state index in [4.69, 9.17) is 0 Å². The smallest absolute Gasteiger partial charge is 0.0467 e. The monoisotopic (exact) mass is 615 g/mol. The number of hydrogen-bond acceptors (Lipinski definition) is 1. The van der Waals surface area contributed by atoms with E-state index in [1.807, 2.05) is 0 Å². The lowest BCUT2D eigenvalue weighted by molar-refractivity contribution is 0.642. The molecule has 0 spiro atoms. The molecule has 0 N–H and O–H groups in total. The van der Waals surface area contributed by atoms with Crippen LogP contribution < -0.4 is 4.90 Å². The maximum atomic E-state index is 2.37. The van der Waals surface area contributed by atoms with E-state index in [0.29, 0.717) is 0 Å². The number of anilines is 3. The van der Waals surface area contributed by atoms with Crippen LogP contribution in [0.4, 0.5) is 17.1 Å². The van der Waals surface area contributed by atoms with Crippen molar-refractivity contribution in [3.8, 4) is 22.3 Å². The van der Waals surface area contributed by atoms with E-state index >= 15 is 0 Å². The van der Waals surface area contributed by atoms with Crippen LogP contribution in [0.1, 0.15) is 25.0 Å². The molecule has 0 aromatic heterocycles. The summed E-state index contributed by atoms with van der Waals surface area (Å²) in [6.45, 7) is 4.65. The highest BCUT2D eigenvalue weighted by atomic mass is 15.1. The Bertz CT molecular complexity index is 2340. The Hall–Kier alpha value is -5.92. The highest BCUT2D eigenvalue weighted by Crippen LogP contribution is 2.40. The molecular weight excluding hydrogens is 579 g/mol. The Kier molecular flexibility index (Phi) is 7.59. The SMILES string of the molecule is CC(C)(c1ccc(N(c2ccc(-c3ccccc3)cc2)c2cccc(-c3ccccc3)c2)cc1)c1ccc2c(ccc3ccccc32)c1. The van der Waals surface area contributed by atoms with E-state index in [2.05, 4.69) is 207 Å². The molecule has 0 saturated carbocycles. The van der Waals surface area contributed by atoms with Gasteiger partial charge >= 0.3 is 0 Å². The van der Waals surface area contributed by atoms with Crippen molar-refractivity contribution in [1.82, 2.24) is 0 Å². The van der Waals surface area contributed by atoms with Gasteiger partial charge in [0.15, 0.2) is 0 Å². The van der Waals surface area contributed by atoms with Gasteiger partial charge in [-0.1, -0.05) is 166 Å². The van der Waals surface area contributed by atoms with Crippen molar-refractivity contribution in [1.29, 1.82) is 0 Å². The molecule has 0 heterocycles.